The molecule has 0 spiro atoms. The Bertz CT molecular complexity index is 879. The van der Waals surface area contributed by atoms with Gasteiger partial charge in [0.25, 0.3) is 5.01 Å². The van der Waals surface area contributed by atoms with Crippen LogP contribution in [0.1, 0.15) is 5.01 Å². The fourth-order valence-electron chi connectivity index (χ4n) is 2.86. The highest BCUT2D eigenvalue weighted by Crippen LogP contribution is 2.47. The summed E-state index contributed by atoms with van der Waals surface area (Å²) in [5.74, 6) is 0. The van der Waals surface area contributed by atoms with Crippen molar-refractivity contribution in [2.24, 2.45) is 0 Å². The van der Waals surface area contributed by atoms with Crippen LogP contribution in [-0.2, 0) is 6.67 Å². The van der Waals surface area contributed by atoms with Gasteiger partial charge >= 0.3 is 0 Å². The molecule has 96 valence electrons. The van der Waals surface area contributed by atoms with Gasteiger partial charge in [-0.1, -0.05) is 47.4 Å². The van der Waals surface area contributed by atoms with Gasteiger partial charge in [-0.3, -0.25) is 4.90 Å². The molecule has 20 heavy (non-hydrogen) atoms. The number of fused-ring (bicyclic) bond motifs is 6. The molecule has 5 rings (SSSR count). The van der Waals surface area contributed by atoms with Crippen LogP contribution in [0.15, 0.2) is 58.5 Å². The van der Waals surface area contributed by atoms with E-state index in [0.717, 1.165) is 6.67 Å². The first-order valence-corrected chi connectivity index (χ1v) is 8.21. The topological polar surface area (TPSA) is 7.12 Å². The number of hydrogen-bond acceptors (Lipinski definition) is 3. The molecule has 3 heterocycles. The number of thiazole rings is 1. The van der Waals surface area contributed by atoms with Gasteiger partial charge in [0, 0.05) is 11.0 Å². The van der Waals surface area contributed by atoms with Gasteiger partial charge in [0.2, 0.25) is 12.2 Å². The third-order valence-electron chi connectivity index (χ3n) is 3.80. The average Bonchev–Trinajstić information content (AvgIpc) is 3.02. The van der Waals surface area contributed by atoms with E-state index in [1.165, 1.54) is 30.8 Å². The quantitative estimate of drug-likeness (QED) is 0.577. The van der Waals surface area contributed by atoms with E-state index in [9.17, 15) is 0 Å². The van der Waals surface area contributed by atoms with Crippen LogP contribution in [0.2, 0.25) is 0 Å². The Morgan fingerprint density at radius 2 is 1.85 bits per heavy atom. The third-order valence-corrected chi connectivity index (χ3v) is 6.03. The Hall–Kier alpha value is -1.78. The van der Waals surface area contributed by atoms with Gasteiger partial charge in [0.15, 0.2) is 0 Å². The first kappa shape index (κ1) is 10.9. The van der Waals surface area contributed by atoms with Gasteiger partial charge in [-0.2, -0.15) is 4.57 Å². The van der Waals surface area contributed by atoms with Crippen LogP contribution in [-0.4, -0.2) is 0 Å². The van der Waals surface area contributed by atoms with Crippen LogP contribution < -0.4 is 9.47 Å². The molecule has 4 heteroatoms. The van der Waals surface area contributed by atoms with Gasteiger partial charge in [-0.15, -0.1) is 0 Å². The van der Waals surface area contributed by atoms with Crippen LogP contribution in [0, 0.1) is 0 Å². The third kappa shape index (κ3) is 1.38. The molecular formula is C16H11N2S2+. The number of para-hydroxylation sites is 2. The van der Waals surface area contributed by atoms with Crippen LogP contribution >= 0.6 is 23.1 Å². The van der Waals surface area contributed by atoms with Crippen LogP contribution in [0.4, 0.5) is 5.69 Å². The number of aromatic nitrogens is 1. The van der Waals surface area contributed by atoms with E-state index in [1.807, 2.05) is 23.1 Å². The van der Waals surface area contributed by atoms with Crippen molar-refractivity contribution in [3.05, 3.63) is 58.6 Å². The van der Waals surface area contributed by atoms with E-state index in [4.69, 9.17) is 0 Å². The molecule has 2 aliphatic heterocycles. The second kappa shape index (κ2) is 3.87. The SMILES string of the molecule is C1=C2Sc3ccccc3N2C[n+]2c1sc1ccccc12. The van der Waals surface area contributed by atoms with Crippen molar-refractivity contribution in [2.75, 3.05) is 4.90 Å². The lowest BCUT2D eigenvalue weighted by Gasteiger charge is -2.19. The molecule has 0 aliphatic carbocycles. The Morgan fingerprint density at radius 1 is 1.00 bits per heavy atom. The lowest BCUT2D eigenvalue weighted by Crippen LogP contribution is -2.46. The zero-order valence-electron chi connectivity index (χ0n) is 10.6. The Kier molecular flexibility index (Phi) is 2.12. The van der Waals surface area contributed by atoms with Crippen molar-refractivity contribution in [3.8, 4) is 0 Å². The van der Waals surface area contributed by atoms with E-state index in [1.54, 1.807) is 0 Å². The van der Waals surface area contributed by atoms with Crippen molar-refractivity contribution in [1.29, 1.82) is 0 Å². The number of thioether (sulfide) groups is 1. The average molecular weight is 295 g/mol. The molecule has 2 aromatic carbocycles. The molecule has 0 radical (unpaired) electrons. The van der Waals surface area contributed by atoms with Gasteiger partial charge in [-0.25, -0.2) is 0 Å². The number of anilines is 1. The van der Waals surface area contributed by atoms with Crippen molar-refractivity contribution < 1.29 is 4.57 Å². The normalized spacial score (nSPS) is 15.8. The minimum Gasteiger partial charge on any atom is -0.278 e. The largest absolute Gasteiger partial charge is 0.278 e. The summed E-state index contributed by atoms with van der Waals surface area (Å²) >= 11 is 3.75. The van der Waals surface area contributed by atoms with Gasteiger partial charge in [-0.05, 0) is 18.2 Å². The van der Waals surface area contributed by atoms with Crippen molar-refractivity contribution in [1.82, 2.24) is 0 Å². The summed E-state index contributed by atoms with van der Waals surface area (Å²) in [5.41, 5.74) is 2.66. The summed E-state index contributed by atoms with van der Waals surface area (Å²) in [6, 6.07) is 17.3. The molecule has 0 atom stereocenters. The number of rotatable bonds is 0. The highest BCUT2D eigenvalue weighted by molar-refractivity contribution is 8.03. The molecule has 2 nitrogen and oxygen atoms in total. The predicted molar refractivity (Wildman–Crippen MR) is 84.8 cm³/mol. The van der Waals surface area contributed by atoms with Gasteiger partial charge in [0.1, 0.15) is 4.70 Å². The fraction of sp³-hybridized carbons (Fsp3) is 0.0625. The summed E-state index contributed by atoms with van der Waals surface area (Å²) in [6.07, 6.45) is 2.32. The zero-order chi connectivity index (χ0) is 13.1. The van der Waals surface area contributed by atoms with Crippen LogP contribution in [0.25, 0.3) is 16.3 Å². The molecule has 3 aromatic rings. The molecule has 0 amide bonds. The second-order valence-electron chi connectivity index (χ2n) is 4.96. The Morgan fingerprint density at radius 3 is 2.85 bits per heavy atom. The summed E-state index contributed by atoms with van der Waals surface area (Å²) in [4.78, 5) is 3.77. The molecular weight excluding hydrogens is 284 g/mol. The minimum atomic E-state index is 0.912. The molecule has 0 fully saturated rings. The standard InChI is InChI=1S/C16H11N2S2/c1-3-7-13-11(5-1)17-10-18-12-6-2-4-8-14(12)20-16(18)9-15(17)19-13/h1-9H,10H2/q+1. The molecule has 0 bridgehead atoms. The van der Waals surface area contributed by atoms with Crippen molar-refractivity contribution in [2.45, 2.75) is 11.6 Å². The monoisotopic (exact) mass is 295 g/mol. The van der Waals surface area contributed by atoms with Gasteiger partial charge < -0.3 is 0 Å². The minimum absolute atomic E-state index is 0.912. The first-order valence-electron chi connectivity index (χ1n) is 6.58. The Labute approximate surface area is 125 Å². The van der Waals surface area contributed by atoms with Gasteiger partial charge in [0.05, 0.1) is 16.8 Å². The smallest absolute Gasteiger partial charge is 0.267 e. The molecule has 1 aromatic heterocycles. The Balaban J connectivity index is 1.73. The molecule has 0 unspecified atom stereocenters. The highest BCUT2D eigenvalue weighted by Gasteiger charge is 2.34. The highest BCUT2D eigenvalue weighted by atomic mass is 32.2. The first-order chi connectivity index (χ1) is 9.90. The lowest BCUT2D eigenvalue weighted by molar-refractivity contribution is -0.668. The fourth-order valence-corrected chi connectivity index (χ4v) is 5.12. The maximum Gasteiger partial charge on any atom is 0.267 e. The number of benzene rings is 2. The zero-order valence-corrected chi connectivity index (χ0v) is 12.2. The van der Waals surface area contributed by atoms with Crippen molar-refractivity contribution in [3.63, 3.8) is 0 Å². The van der Waals surface area contributed by atoms with E-state index >= 15 is 0 Å². The van der Waals surface area contributed by atoms with Crippen LogP contribution in [0.3, 0.4) is 0 Å². The lowest BCUT2D eigenvalue weighted by atomic mass is 10.3. The van der Waals surface area contributed by atoms with Crippen molar-refractivity contribution >= 4 is 45.1 Å². The van der Waals surface area contributed by atoms with E-state index in [-0.39, 0.29) is 0 Å². The molecule has 0 saturated heterocycles. The summed E-state index contributed by atoms with van der Waals surface area (Å²) < 4.78 is 3.77. The predicted octanol–water partition coefficient (Wildman–Crippen LogP) is 4.07. The van der Waals surface area contributed by atoms with E-state index in [2.05, 4.69) is 64.1 Å². The molecule has 0 saturated carbocycles. The summed E-state index contributed by atoms with van der Waals surface area (Å²) in [7, 11) is 0. The number of nitrogens with zero attached hydrogens (tertiary/aromatic N) is 2. The summed E-state index contributed by atoms with van der Waals surface area (Å²) in [6.45, 7) is 0.912. The van der Waals surface area contributed by atoms with E-state index < -0.39 is 0 Å². The van der Waals surface area contributed by atoms with Crippen LogP contribution in [0.5, 0.6) is 0 Å². The second-order valence-corrected chi connectivity index (χ2v) is 7.08. The molecule has 2 aliphatic rings. The molecule has 0 N–H and O–H groups in total. The summed E-state index contributed by atoms with van der Waals surface area (Å²) in [5, 5.41) is 2.69. The number of hydrogen-bond donors (Lipinski definition) is 0. The van der Waals surface area contributed by atoms with E-state index in [0.29, 0.717) is 0 Å². The maximum atomic E-state index is 2.41. The maximum absolute atomic E-state index is 2.41.